The molecule has 0 saturated heterocycles. The fourth-order valence-corrected chi connectivity index (χ4v) is 2.47. The second kappa shape index (κ2) is 9.14. The molecule has 1 atom stereocenters. The van der Waals surface area contributed by atoms with Gasteiger partial charge in [-0.15, -0.1) is 0 Å². The molecule has 27 heavy (non-hydrogen) atoms. The molecule has 2 rings (SSSR count). The summed E-state index contributed by atoms with van der Waals surface area (Å²) in [5.74, 6) is -0.259. The van der Waals surface area contributed by atoms with E-state index in [4.69, 9.17) is 30.5 Å². The van der Waals surface area contributed by atoms with Crippen LogP contribution in [-0.4, -0.2) is 39.3 Å². The van der Waals surface area contributed by atoms with Crippen LogP contribution in [0.5, 0.6) is 17.2 Å². The van der Waals surface area contributed by atoms with Gasteiger partial charge in [0, 0.05) is 22.8 Å². The lowest BCUT2D eigenvalue weighted by atomic mass is 10.1. The van der Waals surface area contributed by atoms with Crippen LogP contribution < -0.4 is 19.5 Å². The Morgan fingerprint density at radius 3 is 2.19 bits per heavy atom. The van der Waals surface area contributed by atoms with Crippen LogP contribution in [0.15, 0.2) is 36.4 Å². The highest BCUT2D eigenvalue weighted by Gasteiger charge is 2.23. The molecule has 0 aliphatic rings. The second-order valence-corrected chi connectivity index (χ2v) is 5.89. The molecule has 8 heteroatoms. The van der Waals surface area contributed by atoms with Crippen molar-refractivity contribution < 1.29 is 28.5 Å². The van der Waals surface area contributed by atoms with Gasteiger partial charge in [0.2, 0.25) is 0 Å². The molecule has 0 saturated carbocycles. The molecule has 0 aliphatic heterocycles. The number of hydrogen-bond donors (Lipinski definition) is 1. The lowest BCUT2D eigenvalue weighted by Gasteiger charge is -2.16. The molecule has 0 aliphatic carbocycles. The molecule has 1 amide bonds. The van der Waals surface area contributed by atoms with Gasteiger partial charge in [0.15, 0.2) is 17.6 Å². The number of rotatable bonds is 7. The molecule has 0 spiro atoms. The minimum Gasteiger partial charge on any atom is -0.496 e. The number of carbonyl (C=O) groups is 2. The predicted octanol–water partition coefficient (Wildman–Crippen LogP) is 3.55. The van der Waals surface area contributed by atoms with Gasteiger partial charge >= 0.3 is 5.97 Å². The highest BCUT2D eigenvalue weighted by atomic mass is 35.5. The van der Waals surface area contributed by atoms with Gasteiger partial charge in [0.25, 0.3) is 5.91 Å². The van der Waals surface area contributed by atoms with Crippen molar-refractivity contribution in [3.05, 3.63) is 47.0 Å². The average molecular weight is 394 g/mol. The first-order valence-electron chi connectivity index (χ1n) is 7.97. The number of nitrogens with one attached hydrogen (secondary N) is 1. The van der Waals surface area contributed by atoms with E-state index >= 15 is 0 Å². The Morgan fingerprint density at radius 2 is 1.59 bits per heavy atom. The number of hydrogen-bond acceptors (Lipinski definition) is 6. The summed E-state index contributed by atoms with van der Waals surface area (Å²) < 4.78 is 20.8. The van der Waals surface area contributed by atoms with Crippen LogP contribution in [0.3, 0.4) is 0 Å². The van der Waals surface area contributed by atoms with E-state index in [2.05, 4.69) is 5.32 Å². The molecule has 0 fully saturated rings. The molecule has 2 aromatic carbocycles. The van der Waals surface area contributed by atoms with E-state index < -0.39 is 18.0 Å². The zero-order chi connectivity index (χ0) is 20.0. The van der Waals surface area contributed by atoms with Crippen molar-refractivity contribution in [2.45, 2.75) is 13.0 Å². The van der Waals surface area contributed by atoms with Crippen LogP contribution in [0.2, 0.25) is 5.02 Å². The van der Waals surface area contributed by atoms with Gasteiger partial charge in [-0.1, -0.05) is 17.7 Å². The summed E-state index contributed by atoms with van der Waals surface area (Å²) in [5.41, 5.74) is 0.608. The van der Waals surface area contributed by atoms with Gasteiger partial charge in [-0.05, 0) is 25.1 Å². The highest BCUT2D eigenvalue weighted by molar-refractivity contribution is 6.30. The first-order valence-corrected chi connectivity index (χ1v) is 8.34. The molecule has 0 bridgehead atoms. The summed E-state index contributed by atoms with van der Waals surface area (Å²) >= 11 is 5.89. The van der Waals surface area contributed by atoms with Crippen LogP contribution in [0, 0.1) is 0 Å². The van der Waals surface area contributed by atoms with Gasteiger partial charge in [-0.25, -0.2) is 4.79 Å². The number of halogens is 1. The van der Waals surface area contributed by atoms with Crippen molar-refractivity contribution >= 4 is 29.2 Å². The Balaban J connectivity index is 2.14. The van der Waals surface area contributed by atoms with E-state index in [0.29, 0.717) is 22.2 Å². The summed E-state index contributed by atoms with van der Waals surface area (Å²) in [4.78, 5) is 24.8. The number of ether oxygens (including phenoxy) is 4. The summed E-state index contributed by atoms with van der Waals surface area (Å²) in [6, 6.07) is 9.59. The molecule has 0 radical (unpaired) electrons. The van der Waals surface area contributed by atoms with E-state index in [1.165, 1.54) is 40.4 Å². The first kappa shape index (κ1) is 20.4. The zero-order valence-electron chi connectivity index (χ0n) is 15.4. The molecule has 1 unspecified atom stereocenters. The summed E-state index contributed by atoms with van der Waals surface area (Å²) in [7, 11) is 4.32. The fraction of sp³-hybridized carbons (Fsp3) is 0.263. The Bertz CT molecular complexity index is 839. The summed E-state index contributed by atoms with van der Waals surface area (Å²) in [6.45, 7) is 1.46. The van der Waals surface area contributed by atoms with E-state index in [0.717, 1.165) is 0 Å². The molecule has 144 valence electrons. The first-order chi connectivity index (χ1) is 12.9. The Labute approximate surface area is 162 Å². The standard InChI is InChI=1S/C19H20ClNO6/c1-11(18(22)21-13-7-5-6-12(20)8-13)27-19(23)14-9-16(25-3)17(26-4)10-15(14)24-2/h5-11H,1-4H3,(H,21,22). The Kier molecular flexibility index (Phi) is 6.90. The van der Waals surface area contributed by atoms with Gasteiger partial charge < -0.3 is 24.3 Å². The molecule has 0 aromatic heterocycles. The van der Waals surface area contributed by atoms with E-state index in [1.807, 2.05) is 0 Å². The Morgan fingerprint density at radius 1 is 0.963 bits per heavy atom. The summed E-state index contributed by atoms with van der Waals surface area (Å²) in [5, 5.41) is 3.11. The van der Waals surface area contributed by atoms with E-state index in [9.17, 15) is 9.59 Å². The van der Waals surface area contributed by atoms with Crippen LogP contribution in [-0.2, 0) is 9.53 Å². The van der Waals surface area contributed by atoms with Crippen molar-refractivity contribution in [1.29, 1.82) is 0 Å². The smallest absolute Gasteiger partial charge is 0.342 e. The SMILES string of the molecule is COc1cc(OC)c(C(=O)OC(C)C(=O)Nc2cccc(Cl)c2)cc1OC. The van der Waals surface area contributed by atoms with Crippen LogP contribution in [0.1, 0.15) is 17.3 Å². The monoisotopic (exact) mass is 393 g/mol. The van der Waals surface area contributed by atoms with Crippen LogP contribution in [0.4, 0.5) is 5.69 Å². The topological polar surface area (TPSA) is 83.1 Å². The van der Waals surface area contributed by atoms with Crippen LogP contribution >= 0.6 is 11.6 Å². The van der Waals surface area contributed by atoms with E-state index in [1.54, 1.807) is 24.3 Å². The largest absolute Gasteiger partial charge is 0.496 e. The number of methoxy groups -OCH3 is 3. The average Bonchev–Trinajstić information content (AvgIpc) is 2.66. The van der Waals surface area contributed by atoms with Crippen molar-refractivity contribution in [3.8, 4) is 17.2 Å². The van der Waals surface area contributed by atoms with Gasteiger partial charge in [0.1, 0.15) is 11.3 Å². The van der Waals surface area contributed by atoms with Gasteiger partial charge in [-0.2, -0.15) is 0 Å². The third-order valence-electron chi connectivity index (χ3n) is 3.67. The quantitative estimate of drug-likeness (QED) is 0.724. The molecule has 0 heterocycles. The lowest BCUT2D eigenvalue weighted by molar-refractivity contribution is -0.123. The fourth-order valence-electron chi connectivity index (χ4n) is 2.28. The molecular weight excluding hydrogens is 374 g/mol. The number of carbonyl (C=O) groups excluding carboxylic acids is 2. The number of anilines is 1. The maximum absolute atomic E-state index is 12.5. The zero-order valence-corrected chi connectivity index (χ0v) is 16.1. The second-order valence-electron chi connectivity index (χ2n) is 5.45. The Hall–Kier alpha value is -2.93. The van der Waals surface area contributed by atoms with Gasteiger partial charge in [0.05, 0.1) is 21.3 Å². The molecule has 1 N–H and O–H groups in total. The van der Waals surface area contributed by atoms with Crippen molar-refractivity contribution in [2.24, 2.45) is 0 Å². The maximum atomic E-state index is 12.5. The van der Waals surface area contributed by atoms with Crippen molar-refractivity contribution in [1.82, 2.24) is 0 Å². The highest BCUT2D eigenvalue weighted by Crippen LogP contribution is 2.35. The predicted molar refractivity (Wildman–Crippen MR) is 101 cm³/mol. The van der Waals surface area contributed by atoms with Crippen LogP contribution in [0.25, 0.3) is 0 Å². The number of benzene rings is 2. The van der Waals surface area contributed by atoms with Gasteiger partial charge in [-0.3, -0.25) is 4.79 Å². The van der Waals surface area contributed by atoms with E-state index in [-0.39, 0.29) is 11.3 Å². The van der Waals surface area contributed by atoms with Crippen molar-refractivity contribution in [3.63, 3.8) is 0 Å². The molecular formula is C19H20ClNO6. The summed E-state index contributed by atoms with van der Waals surface area (Å²) in [6.07, 6.45) is -1.05. The minimum absolute atomic E-state index is 0.109. The third kappa shape index (κ3) is 5.04. The molecule has 2 aromatic rings. The number of amides is 1. The minimum atomic E-state index is -1.05. The third-order valence-corrected chi connectivity index (χ3v) is 3.91. The maximum Gasteiger partial charge on any atom is 0.342 e. The molecule has 7 nitrogen and oxygen atoms in total. The lowest BCUT2D eigenvalue weighted by Crippen LogP contribution is -2.30. The number of esters is 1. The normalized spacial score (nSPS) is 11.3. The van der Waals surface area contributed by atoms with Crippen molar-refractivity contribution in [2.75, 3.05) is 26.6 Å².